The monoisotopic (exact) mass is 305 g/mol. The highest BCUT2D eigenvalue weighted by molar-refractivity contribution is 5.98. The van der Waals surface area contributed by atoms with Gasteiger partial charge in [0.25, 0.3) is 0 Å². The standard InChI is InChI=1S/C20H19NO2/c1-13-9-17-16(12-23-19(17)10-14(13)2)11-20(22)21-8-7-15-5-3-4-6-18(15)21/h3-6,9-10,12H,7-8,11H2,1-2H3. The van der Waals surface area contributed by atoms with Crippen LogP contribution in [0.3, 0.4) is 0 Å². The average Bonchev–Trinajstić information content (AvgIpc) is 3.13. The van der Waals surface area contributed by atoms with Crippen LogP contribution in [-0.2, 0) is 17.6 Å². The Kier molecular flexibility index (Phi) is 3.22. The van der Waals surface area contributed by atoms with E-state index >= 15 is 0 Å². The summed E-state index contributed by atoms with van der Waals surface area (Å²) in [6, 6.07) is 12.3. The summed E-state index contributed by atoms with van der Waals surface area (Å²) in [5.74, 6) is 0.135. The van der Waals surface area contributed by atoms with E-state index in [-0.39, 0.29) is 5.91 Å². The van der Waals surface area contributed by atoms with Crippen molar-refractivity contribution in [2.24, 2.45) is 0 Å². The summed E-state index contributed by atoms with van der Waals surface area (Å²) in [6.07, 6.45) is 3.04. The number of aryl methyl sites for hydroxylation is 2. The zero-order valence-electron chi connectivity index (χ0n) is 13.4. The molecule has 1 aliphatic rings. The van der Waals surface area contributed by atoms with E-state index in [0.717, 1.165) is 35.2 Å². The molecule has 0 aliphatic carbocycles. The Balaban J connectivity index is 1.64. The smallest absolute Gasteiger partial charge is 0.231 e. The fraction of sp³-hybridized carbons (Fsp3) is 0.250. The van der Waals surface area contributed by atoms with E-state index in [0.29, 0.717) is 6.42 Å². The van der Waals surface area contributed by atoms with E-state index in [4.69, 9.17) is 4.42 Å². The lowest BCUT2D eigenvalue weighted by Gasteiger charge is -2.17. The normalized spacial score (nSPS) is 13.6. The van der Waals surface area contributed by atoms with Gasteiger partial charge in [0.15, 0.2) is 0 Å². The number of nitrogens with zero attached hydrogens (tertiary/aromatic N) is 1. The van der Waals surface area contributed by atoms with Gasteiger partial charge >= 0.3 is 0 Å². The van der Waals surface area contributed by atoms with Crippen LogP contribution >= 0.6 is 0 Å². The second kappa shape index (κ2) is 5.27. The number of hydrogen-bond acceptors (Lipinski definition) is 2. The molecule has 4 rings (SSSR count). The Morgan fingerprint density at radius 1 is 1.17 bits per heavy atom. The molecule has 2 aromatic carbocycles. The van der Waals surface area contributed by atoms with Gasteiger partial charge in [-0.1, -0.05) is 18.2 Å². The maximum Gasteiger partial charge on any atom is 0.231 e. The van der Waals surface area contributed by atoms with Crippen molar-refractivity contribution in [2.75, 3.05) is 11.4 Å². The molecule has 2 heterocycles. The van der Waals surface area contributed by atoms with Crippen LogP contribution in [0.1, 0.15) is 22.3 Å². The number of anilines is 1. The lowest BCUT2D eigenvalue weighted by atomic mass is 10.0. The number of amides is 1. The Morgan fingerprint density at radius 2 is 1.96 bits per heavy atom. The van der Waals surface area contributed by atoms with Crippen molar-refractivity contribution < 1.29 is 9.21 Å². The highest BCUT2D eigenvalue weighted by Gasteiger charge is 2.25. The van der Waals surface area contributed by atoms with Gasteiger partial charge in [0.05, 0.1) is 12.7 Å². The SMILES string of the molecule is Cc1cc2occ(CC(=O)N3CCc4ccccc43)c2cc1C. The molecule has 0 unspecified atom stereocenters. The highest BCUT2D eigenvalue weighted by Crippen LogP contribution is 2.30. The van der Waals surface area contributed by atoms with Crippen LogP contribution in [0.15, 0.2) is 47.1 Å². The molecule has 0 atom stereocenters. The number of para-hydroxylation sites is 1. The molecule has 0 bridgehead atoms. The van der Waals surface area contributed by atoms with Gasteiger partial charge in [0.2, 0.25) is 5.91 Å². The molecule has 1 aromatic heterocycles. The summed E-state index contributed by atoms with van der Waals surface area (Å²) in [5, 5.41) is 1.05. The third-order valence-corrected chi connectivity index (χ3v) is 4.80. The molecule has 1 amide bonds. The summed E-state index contributed by atoms with van der Waals surface area (Å²) in [6.45, 7) is 4.93. The fourth-order valence-corrected chi connectivity index (χ4v) is 3.33. The third kappa shape index (κ3) is 2.33. The van der Waals surface area contributed by atoms with Crippen molar-refractivity contribution in [1.29, 1.82) is 0 Å². The number of furan rings is 1. The van der Waals surface area contributed by atoms with Crippen molar-refractivity contribution in [2.45, 2.75) is 26.7 Å². The molecule has 1 aliphatic heterocycles. The molecule has 3 nitrogen and oxygen atoms in total. The van der Waals surface area contributed by atoms with Gasteiger partial charge in [0.1, 0.15) is 5.58 Å². The molecule has 116 valence electrons. The number of rotatable bonds is 2. The molecule has 0 N–H and O–H groups in total. The largest absolute Gasteiger partial charge is 0.464 e. The summed E-state index contributed by atoms with van der Waals surface area (Å²) >= 11 is 0. The molecule has 3 heteroatoms. The minimum atomic E-state index is 0.135. The molecule has 23 heavy (non-hydrogen) atoms. The second-order valence-electron chi connectivity index (χ2n) is 6.29. The van der Waals surface area contributed by atoms with Crippen LogP contribution in [0, 0.1) is 13.8 Å². The molecule has 0 saturated heterocycles. The highest BCUT2D eigenvalue weighted by atomic mass is 16.3. The average molecular weight is 305 g/mol. The molecular weight excluding hydrogens is 286 g/mol. The first-order valence-corrected chi connectivity index (χ1v) is 7.99. The van der Waals surface area contributed by atoms with Crippen molar-refractivity contribution >= 4 is 22.6 Å². The predicted molar refractivity (Wildman–Crippen MR) is 91.9 cm³/mol. The minimum Gasteiger partial charge on any atom is -0.464 e. The molecule has 0 radical (unpaired) electrons. The van der Waals surface area contributed by atoms with Gasteiger partial charge in [-0.2, -0.15) is 0 Å². The van der Waals surface area contributed by atoms with Crippen molar-refractivity contribution in [3.63, 3.8) is 0 Å². The maximum atomic E-state index is 12.8. The third-order valence-electron chi connectivity index (χ3n) is 4.80. The predicted octanol–water partition coefficient (Wildman–Crippen LogP) is 4.18. The Labute approximate surface area is 135 Å². The van der Waals surface area contributed by atoms with Crippen LogP contribution < -0.4 is 4.90 Å². The summed E-state index contributed by atoms with van der Waals surface area (Å²) in [5.41, 5.74) is 6.56. The minimum absolute atomic E-state index is 0.135. The zero-order chi connectivity index (χ0) is 16.0. The number of hydrogen-bond donors (Lipinski definition) is 0. The molecular formula is C20H19NO2. The van der Waals surface area contributed by atoms with E-state index < -0.39 is 0 Å². The number of benzene rings is 2. The van der Waals surface area contributed by atoms with E-state index in [1.54, 1.807) is 6.26 Å². The number of carbonyl (C=O) groups is 1. The van der Waals surface area contributed by atoms with Crippen molar-refractivity contribution in [1.82, 2.24) is 0 Å². The lowest BCUT2D eigenvalue weighted by molar-refractivity contribution is -0.117. The zero-order valence-corrected chi connectivity index (χ0v) is 13.4. The fourth-order valence-electron chi connectivity index (χ4n) is 3.33. The van der Waals surface area contributed by atoms with Gasteiger partial charge in [-0.15, -0.1) is 0 Å². The Hall–Kier alpha value is -2.55. The van der Waals surface area contributed by atoms with Crippen LogP contribution in [0.25, 0.3) is 11.0 Å². The summed E-state index contributed by atoms with van der Waals surface area (Å²) in [7, 11) is 0. The topological polar surface area (TPSA) is 33.5 Å². The van der Waals surface area contributed by atoms with Crippen LogP contribution in [0.5, 0.6) is 0 Å². The van der Waals surface area contributed by atoms with E-state index in [1.807, 2.05) is 29.2 Å². The first-order valence-electron chi connectivity index (χ1n) is 7.99. The molecule has 0 spiro atoms. The first-order chi connectivity index (χ1) is 11.1. The number of fused-ring (bicyclic) bond motifs is 2. The van der Waals surface area contributed by atoms with Crippen LogP contribution in [0.2, 0.25) is 0 Å². The van der Waals surface area contributed by atoms with E-state index in [2.05, 4.69) is 26.0 Å². The Morgan fingerprint density at radius 3 is 2.83 bits per heavy atom. The van der Waals surface area contributed by atoms with Gasteiger partial charge < -0.3 is 9.32 Å². The Bertz CT molecular complexity index is 907. The van der Waals surface area contributed by atoms with Crippen molar-refractivity contribution in [3.05, 3.63) is 64.9 Å². The first kappa shape index (κ1) is 14.1. The van der Waals surface area contributed by atoms with Crippen LogP contribution in [0.4, 0.5) is 5.69 Å². The van der Waals surface area contributed by atoms with E-state index in [9.17, 15) is 4.79 Å². The number of carbonyl (C=O) groups excluding carboxylic acids is 1. The van der Waals surface area contributed by atoms with Crippen molar-refractivity contribution in [3.8, 4) is 0 Å². The second-order valence-corrected chi connectivity index (χ2v) is 6.29. The van der Waals surface area contributed by atoms with Crippen LogP contribution in [-0.4, -0.2) is 12.5 Å². The summed E-state index contributed by atoms with van der Waals surface area (Å²) < 4.78 is 5.65. The maximum absolute atomic E-state index is 12.8. The lowest BCUT2D eigenvalue weighted by Crippen LogP contribution is -2.30. The molecule has 0 saturated carbocycles. The van der Waals surface area contributed by atoms with Gasteiger partial charge in [-0.25, -0.2) is 0 Å². The molecule has 0 fully saturated rings. The molecule has 3 aromatic rings. The quantitative estimate of drug-likeness (QED) is 0.711. The van der Waals surface area contributed by atoms with Gasteiger partial charge in [-0.3, -0.25) is 4.79 Å². The summed E-state index contributed by atoms with van der Waals surface area (Å²) in [4.78, 5) is 14.7. The van der Waals surface area contributed by atoms with Gasteiger partial charge in [-0.05, 0) is 55.2 Å². The van der Waals surface area contributed by atoms with Gasteiger partial charge in [0, 0.05) is 23.2 Å². The van der Waals surface area contributed by atoms with E-state index in [1.165, 1.54) is 16.7 Å².